The molecule has 1 rings (SSSR count). The Kier molecular flexibility index (Phi) is 6.60. The molecule has 2 atom stereocenters. The van der Waals surface area contributed by atoms with E-state index in [-0.39, 0.29) is 16.5 Å². The predicted octanol–water partition coefficient (Wildman–Crippen LogP) is 1.06. The minimum Gasteiger partial charge on any atom is -0.396 e. The standard InChI is InChI=1S/C13H19FN2O3S/c1-9(13(17)16-6-3-7-19-2)20(18)10-4-5-12(15)11(14)8-10/h4-5,8-9H,3,6-7,15H2,1-2H3,(H,16,17). The van der Waals surface area contributed by atoms with E-state index >= 15 is 0 Å². The Morgan fingerprint density at radius 3 is 2.85 bits per heavy atom. The molecule has 1 amide bonds. The normalized spacial score (nSPS) is 13.8. The van der Waals surface area contributed by atoms with E-state index in [4.69, 9.17) is 10.5 Å². The summed E-state index contributed by atoms with van der Waals surface area (Å²) < 4.78 is 30.3. The number of hydrogen-bond acceptors (Lipinski definition) is 4. The molecule has 5 nitrogen and oxygen atoms in total. The number of halogens is 1. The van der Waals surface area contributed by atoms with Crippen molar-refractivity contribution in [1.82, 2.24) is 5.32 Å². The summed E-state index contributed by atoms with van der Waals surface area (Å²) in [6.07, 6.45) is 0.679. The number of nitrogen functional groups attached to an aromatic ring is 1. The second kappa shape index (κ2) is 7.96. The highest BCUT2D eigenvalue weighted by Gasteiger charge is 2.21. The molecule has 20 heavy (non-hydrogen) atoms. The molecular formula is C13H19FN2O3S. The molecule has 2 unspecified atom stereocenters. The molecular weight excluding hydrogens is 283 g/mol. The molecule has 0 saturated heterocycles. The number of hydrogen-bond donors (Lipinski definition) is 2. The monoisotopic (exact) mass is 302 g/mol. The van der Waals surface area contributed by atoms with Crippen LogP contribution in [0.3, 0.4) is 0 Å². The fourth-order valence-electron chi connectivity index (χ4n) is 1.51. The lowest BCUT2D eigenvalue weighted by atomic mass is 10.3. The predicted molar refractivity (Wildman–Crippen MR) is 76.2 cm³/mol. The Bertz CT molecular complexity index is 497. The number of rotatable bonds is 7. The van der Waals surface area contributed by atoms with Gasteiger partial charge in [-0.1, -0.05) is 0 Å². The molecule has 0 aliphatic heterocycles. The van der Waals surface area contributed by atoms with Crippen molar-refractivity contribution in [2.75, 3.05) is 26.0 Å². The van der Waals surface area contributed by atoms with E-state index in [1.807, 2.05) is 0 Å². The van der Waals surface area contributed by atoms with Crippen LogP contribution in [-0.2, 0) is 20.3 Å². The third-order valence-electron chi connectivity index (χ3n) is 2.72. The van der Waals surface area contributed by atoms with E-state index in [9.17, 15) is 13.4 Å². The number of ether oxygens (including phenoxy) is 1. The van der Waals surface area contributed by atoms with Crippen LogP contribution in [0.4, 0.5) is 10.1 Å². The van der Waals surface area contributed by atoms with Gasteiger partial charge in [0.25, 0.3) is 0 Å². The number of nitrogens with two attached hydrogens (primary N) is 1. The van der Waals surface area contributed by atoms with E-state index in [1.54, 1.807) is 7.11 Å². The van der Waals surface area contributed by atoms with Crippen LogP contribution in [0.1, 0.15) is 13.3 Å². The van der Waals surface area contributed by atoms with Crippen LogP contribution >= 0.6 is 0 Å². The van der Waals surface area contributed by atoms with Crippen LogP contribution in [0.2, 0.25) is 0 Å². The van der Waals surface area contributed by atoms with E-state index in [0.717, 1.165) is 6.07 Å². The molecule has 0 aliphatic rings. The van der Waals surface area contributed by atoms with Crippen molar-refractivity contribution < 1.29 is 18.1 Å². The lowest BCUT2D eigenvalue weighted by Crippen LogP contribution is -2.36. The van der Waals surface area contributed by atoms with E-state index < -0.39 is 21.9 Å². The Labute approximate surface area is 120 Å². The van der Waals surface area contributed by atoms with Gasteiger partial charge in [-0.15, -0.1) is 0 Å². The quantitative estimate of drug-likeness (QED) is 0.583. The van der Waals surface area contributed by atoms with Crippen LogP contribution in [0.15, 0.2) is 23.1 Å². The number of carbonyl (C=O) groups is 1. The first kappa shape index (κ1) is 16.6. The number of carbonyl (C=O) groups excluding carboxylic acids is 1. The van der Waals surface area contributed by atoms with Gasteiger partial charge in [0.2, 0.25) is 5.91 Å². The highest BCUT2D eigenvalue weighted by atomic mass is 32.2. The summed E-state index contributed by atoms with van der Waals surface area (Å²) in [5.74, 6) is -0.972. The highest BCUT2D eigenvalue weighted by Crippen LogP contribution is 2.17. The topological polar surface area (TPSA) is 81.4 Å². The summed E-state index contributed by atoms with van der Waals surface area (Å²) in [7, 11) is -0.0443. The second-order valence-electron chi connectivity index (χ2n) is 4.26. The largest absolute Gasteiger partial charge is 0.396 e. The number of anilines is 1. The third-order valence-corrected chi connectivity index (χ3v) is 4.29. The number of benzene rings is 1. The zero-order valence-electron chi connectivity index (χ0n) is 11.5. The zero-order chi connectivity index (χ0) is 15.1. The smallest absolute Gasteiger partial charge is 0.235 e. The molecule has 7 heteroatoms. The third kappa shape index (κ3) is 4.57. The van der Waals surface area contributed by atoms with Gasteiger partial charge in [-0.2, -0.15) is 0 Å². The van der Waals surface area contributed by atoms with Crippen molar-refractivity contribution in [1.29, 1.82) is 0 Å². The van der Waals surface area contributed by atoms with Gasteiger partial charge in [-0.25, -0.2) is 4.39 Å². The molecule has 0 fully saturated rings. The Balaban J connectivity index is 2.61. The first-order valence-corrected chi connectivity index (χ1v) is 7.41. The molecule has 0 radical (unpaired) electrons. The lowest BCUT2D eigenvalue weighted by molar-refractivity contribution is -0.120. The van der Waals surface area contributed by atoms with Crippen molar-refractivity contribution in [3.8, 4) is 0 Å². The van der Waals surface area contributed by atoms with Gasteiger partial charge in [0.1, 0.15) is 11.1 Å². The average molecular weight is 302 g/mol. The van der Waals surface area contributed by atoms with Crippen LogP contribution in [0.5, 0.6) is 0 Å². The van der Waals surface area contributed by atoms with Crippen molar-refractivity contribution in [3.05, 3.63) is 24.0 Å². The van der Waals surface area contributed by atoms with Gasteiger partial charge in [0.05, 0.1) is 16.5 Å². The SMILES string of the molecule is COCCCNC(=O)C(C)S(=O)c1ccc(N)c(F)c1. The lowest BCUT2D eigenvalue weighted by Gasteiger charge is -2.12. The fourth-order valence-corrected chi connectivity index (χ4v) is 2.61. The van der Waals surface area contributed by atoms with Crippen LogP contribution in [0, 0.1) is 5.82 Å². The van der Waals surface area contributed by atoms with Crippen molar-refractivity contribution >= 4 is 22.4 Å². The Morgan fingerprint density at radius 1 is 1.55 bits per heavy atom. The minimum absolute atomic E-state index is 0.0116. The maximum Gasteiger partial charge on any atom is 0.235 e. The van der Waals surface area contributed by atoms with Crippen LogP contribution < -0.4 is 11.1 Å². The van der Waals surface area contributed by atoms with Crippen LogP contribution in [-0.4, -0.2) is 35.6 Å². The summed E-state index contributed by atoms with van der Waals surface area (Å²) in [6.45, 7) is 2.53. The summed E-state index contributed by atoms with van der Waals surface area (Å²) in [5.41, 5.74) is 5.34. The Hall–Kier alpha value is -1.47. The summed E-state index contributed by atoms with van der Waals surface area (Å²) >= 11 is 0. The molecule has 0 heterocycles. The van der Waals surface area contributed by atoms with Gasteiger partial charge in [-0.3, -0.25) is 9.00 Å². The molecule has 0 bridgehead atoms. The second-order valence-corrected chi connectivity index (χ2v) is 6.03. The number of nitrogens with one attached hydrogen (secondary N) is 1. The molecule has 0 spiro atoms. The Morgan fingerprint density at radius 2 is 2.25 bits per heavy atom. The van der Waals surface area contributed by atoms with E-state index in [0.29, 0.717) is 19.6 Å². The first-order chi connectivity index (χ1) is 9.47. The molecule has 112 valence electrons. The summed E-state index contributed by atoms with van der Waals surface area (Å²) in [5, 5.41) is 1.90. The van der Waals surface area contributed by atoms with Gasteiger partial charge < -0.3 is 15.8 Å². The molecule has 0 aliphatic carbocycles. The van der Waals surface area contributed by atoms with E-state index in [2.05, 4.69) is 5.32 Å². The van der Waals surface area contributed by atoms with Gasteiger partial charge in [0.15, 0.2) is 0 Å². The van der Waals surface area contributed by atoms with E-state index in [1.165, 1.54) is 19.1 Å². The van der Waals surface area contributed by atoms with Gasteiger partial charge in [0, 0.05) is 25.2 Å². The number of methoxy groups -OCH3 is 1. The minimum atomic E-state index is -1.62. The number of amides is 1. The molecule has 0 saturated carbocycles. The zero-order valence-corrected chi connectivity index (χ0v) is 12.3. The maximum absolute atomic E-state index is 13.3. The molecule has 3 N–H and O–H groups in total. The average Bonchev–Trinajstić information content (AvgIpc) is 2.44. The summed E-state index contributed by atoms with van der Waals surface area (Å²) in [6, 6.07) is 3.90. The van der Waals surface area contributed by atoms with Crippen molar-refractivity contribution in [2.45, 2.75) is 23.5 Å². The van der Waals surface area contributed by atoms with Gasteiger partial charge >= 0.3 is 0 Å². The molecule has 1 aromatic rings. The molecule has 0 aromatic heterocycles. The van der Waals surface area contributed by atoms with Crippen molar-refractivity contribution in [3.63, 3.8) is 0 Å². The maximum atomic E-state index is 13.3. The first-order valence-electron chi connectivity index (χ1n) is 6.19. The molecule has 1 aromatic carbocycles. The van der Waals surface area contributed by atoms with Crippen LogP contribution in [0.25, 0.3) is 0 Å². The van der Waals surface area contributed by atoms with Gasteiger partial charge in [-0.05, 0) is 31.5 Å². The van der Waals surface area contributed by atoms with Crippen molar-refractivity contribution in [2.24, 2.45) is 0 Å². The summed E-state index contributed by atoms with van der Waals surface area (Å²) in [4.78, 5) is 12.1. The highest BCUT2D eigenvalue weighted by molar-refractivity contribution is 7.86. The fraction of sp³-hybridized carbons (Fsp3) is 0.462.